The molecule has 0 aromatic heterocycles. The lowest BCUT2D eigenvalue weighted by atomic mass is 9.78. The number of nitrogens with zero attached hydrogens (tertiary/aromatic N) is 1. The highest BCUT2D eigenvalue weighted by Gasteiger charge is 2.33. The van der Waals surface area contributed by atoms with E-state index in [-0.39, 0.29) is 29.4 Å². The van der Waals surface area contributed by atoms with Gasteiger partial charge in [0.05, 0.1) is 16.5 Å². The van der Waals surface area contributed by atoms with Crippen LogP contribution in [0.25, 0.3) is 0 Å². The zero-order chi connectivity index (χ0) is 13.2. The average molecular weight is 302 g/mol. The Balaban J connectivity index is 0.00000180. The van der Waals surface area contributed by atoms with Crippen molar-refractivity contribution in [2.24, 2.45) is 5.73 Å². The van der Waals surface area contributed by atoms with Gasteiger partial charge < -0.3 is 5.73 Å². The average Bonchev–Trinajstić information content (AvgIpc) is 2.34. The largest absolute Gasteiger partial charge is 0.324 e. The molecule has 0 bridgehead atoms. The minimum atomic E-state index is -3.53. The van der Waals surface area contributed by atoms with Crippen molar-refractivity contribution in [1.29, 1.82) is 5.26 Å². The van der Waals surface area contributed by atoms with Gasteiger partial charge in [0.1, 0.15) is 0 Å². The molecule has 0 spiro atoms. The van der Waals surface area contributed by atoms with Gasteiger partial charge >= 0.3 is 0 Å². The Morgan fingerprint density at radius 2 is 1.89 bits per heavy atom. The maximum atomic E-state index is 12.0. The van der Waals surface area contributed by atoms with Crippen molar-refractivity contribution in [1.82, 2.24) is 4.72 Å². The Labute approximate surface area is 119 Å². The molecule has 7 heteroatoms. The lowest BCUT2D eigenvalue weighted by molar-refractivity contribution is 0.251. The molecule has 3 N–H and O–H groups in total. The van der Waals surface area contributed by atoms with Crippen LogP contribution in [0.15, 0.2) is 29.2 Å². The molecule has 1 aliphatic rings. The number of nitriles is 1. The van der Waals surface area contributed by atoms with Gasteiger partial charge in [0.25, 0.3) is 0 Å². The van der Waals surface area contributed by atoms with Crippen molar-refractivity contribution >= 4 is 22.4 Å². The van der Waals surface area contributed by atoms with Gasteiger partial charge in [-0.3, -0.25) is 0 Å². The molecule has 0 radical (unpaired) electrons. The Kier molecular flexibility index (Phi) is 4.93. The van der Waals surface area contributed by atoms with Gasteiger partial charge in [-0.05, 0) is 43.5 Å². The second kappa shape index (κ2) is 5.88. The standard InChI is InChI=1S/C12H15N3O2S.ClH/c13-8-10-2-4-11(5-3-10)18(16,17)15-9-12(14)6-1-7-12;/h2-5,15H,1,6-7,9,14H2;1H. The number of rotatable bonds is 4. The third-order valence-electron chi connectivity index (χ3n) is 3.26. The highest BCUT2D eigenvalue weighted by atomic mass is 35.5. The molecule has 1 aromatic carbocycles. The van der Waals surface area contributed by atoms with Crippen LogP contribution in [0.2, 0.25) is 0 Å². The molecular formula is C12H16ClN3O2S. The molecule has 5 nitrogen and oxygen atoms in total. The summed E-state index contributed by atoms with van der Waals surface area (Å²) in [4.78, 5) is 0.157. The van der Waals surface area contributed by atoms with Crippen LogP contribution in [-0.2, 0) is 10.0 Å². The van der Waals surface area contributed by atoms with Crippen LogP contribution >= 0.6 is 12.4 Å². The molecule has 104 valence electrons. The van der Waals surface area contributed by atoms with Crippen LogP contribution in [-0.4, -0.2) is 20.5 Å². The number of halogens is 1. The molecule has 0 saturated heterocycles. The van der Waals surface area contributed by atoms with Gasteiger partial charge in [-0.25, -0.2) is 13.1 Å². The third kappa shape index (κ3) is 3.67. The van der Waals surface area contributed by atoms with Crippen molar-refractivity contribution in [3.8, 4) is 6.07 Å². The van der Waals surface area contributed by atoms with Gasteiger partial charge in [0, 0.05) is 12.1 Å². The first kappa shape index (κ1) is 15.9. The van der Waals surface area contributed by atoms with Crippen LogP contribution in [0.3, 0.4) is 0 Å². The number of nitrogens with two attached hydrogens (primary N) is 1. The first-order valence-electron chi connectivity index (χ1n) is 5.74. The van der Waals surface area contributed by atoms with Crippen LogP contribution in [0.5, 0.6) is 0 Å². The number of nitrogens with one attached hydrogen (secondary N) is 1. The van der Waals surface area contributed by atoms with Crippen molar-refractivity contribution < 1.29 is 8.42 Å². The fraction of sp³-hybridized carbons (Fsp3) is 0.417. The van der Waals surface area contributed by atoms with Crippen molar-refractivity contribution in [2.45, 2.75) is 29.7 Å². The molecule has 1 fully saturated rings. The van der Waals surface area contributed by atoms with Gasteiger partial charge in [-0.15, -0.1) is 12.4 Å². The van der Waals surface area contributed by atoms with Gasteiger partial charge in [0.2, 0.25) is 10.0 Å². The Hall–Kier alpha value is -1.13. The van der Waals surface area contributed by atoms with Crippen LogP contribution < -0.4 is 10.5 Å². The summed E-state index contributed by atoms with van der Waals surface area (Å²) in [5.74, 6) is 0. The van der Waals surface area contributed by atoms with Crippen LogP contribution in [0.4, 0.5) is 0 Å². The molecule has 0 heterocycles. The summed E-state index contributed by atoms with van der Waals surface area (Å²) in [5.41, 5.74) is 6.01. The van der Waals surface area contributed by atoms with E-state index < -0.39 is 10.0 Å². The predicted molar refractivity (Wildman–Crippen MR) is 74.4 cm³/mol. The lowest BCUT2D eigenvalue weighted by Crippen LogP contribution is -2.54. The summed E-state index contributed by atoms with van der Waals surface area (Å²) in [6.07, 6.45) is 2.75. The predicted octanol–water partition coefficient (Wildman–Crippen LogP) is 1.14. The Bertz CT molecular complexity index is 574. The summed E-state index contributed by atoms with van der Waals surface area (Å²) < 4.78 is 26.5. The second-order valence-corrected chi connectivity index (χ2v) is 6.44. The smallest absolute Gasteiger partial charge is 0.240 e. The molecule has 0 unspecified atom stereocenters. The molecule has 0 atom stereocenters. The fourth-order valence-electron chi connectivity index (χ4n) is 1.84. The number of benzene rings is 1. The summed E-state index contributed by atoms with van der Waals surface area (Å²) >= 11 is 0. The maximum Gasteiger partial charge on any atom is 0.240 e. The first-order chi connectivity index (χ1) is 8.45. The topological polar surface area (TPSA) is 96.0 Å². The molecular weight excluding hydrogens is 286 g/mol. The highest BCUT2D eigenvalue weighted by molar-refractivity contribution is 7.89. The monoisotopic (exact) mass is 301 g/mol. The van der Waals surface area contributed by atoms with Gasteiger partial charge in [0.15, 0.2) is 0 Å². The van der Waals surface area contributed by atoms with Crippen LogP contribution in [0, 0.1) is 11.3 Å². The normalized spacial score (nSPS) is 16.8. The van der Waals surface area contributed by atoms with E-state index >= 15 is 0 Å². The highest BCUT2D eigenvalue weighted by Crippen LogP contribution is 2.28. The molecule has 1 saturated carbocycles. The van der Waals surface area contributed by atoms with E-state index in [1.165, 1.54) is 24.3 Å². The van der Waals surface area contributed by atoms with E-state index in [1.54, 1.807) is 0 Å². The van der Waals surface area contributed by atoms with E-state index in [0.29, 0.717) is 5.56 Å². The Morgan fingerprint density at radius 3 is 2.32 bits per heavy atom. The fourth-order valence-corrected chi connectivity index (χ4v) is 2.98. The molecule has 19 heavy (non-hydrogen) atoms. The van der Waals surface area contributed by atoms with Crippen molar-refractivity contribution in [3.05, 3.63) is 29.8 Å². The first-order valence-corrected chi connectivity index (χ1v) is 7.22. The Morgan fingerprint density at radius 1 is 1.32 bits per heavy atom. The van der Waals surface area contributed by atoms with Crippen molar-refractivity contribution in [3.63, 3.8) is 0 Å². The maximum absolute atomic E-state index is 12.0. The SMILES string of the molecule is Cl.N#Cc1ccc(S(=O)(=O)NCC2(N)CCC2)cc1. The third-order valence-corrected chi connectivity index (χ3v) is 4.67. The molecule has 0 aliphatic heterocycles. The van der Waals surface area contributed by atoms with Crippen molar-refractivity contribution in [2.75, 3.05) is 6.54 Å². The molecule has 1 aliphatic carbocycles. The minimum Gasteiger partial charge on any atom is -0.324 e. The summed E-state index contributed by atoms with van der Waals surface area (Å²) in [6.45, 7) is 0.259. The number of hydrogen-bond acceptors (Lipinski definition) is 4. The zero-order valence-corrected chi connectivity index (χ0v) is 11.9. The number of hydrogen-bond donors (Lipinski definition) is 2. The molecule has 2 rings (SSSR count). The lowest BCUT2D eigenvalue weighted by Gasteiger charge is -2.37. The summed E-state index contributed by atoms with van der Waals surface area (Å²) in [5, 5.41) is 8.65. The second-order valence-electron chi connectivity index (χ2n) is 4.68. The summed E-state index contributed by atoms with van der Waals surface area (Å²) in [7, 11) is -3.53. The van der Waals surface area contributed by atoms with E-state index in [4.69, 9.17) is 11.0 Å². The quantitative estimate of drug-likeness (QED) is 0.871. The van der Waals surface area contributed by atoms with Gasteiger partial charge in [-0.2, -0.15) is 5.26 Å². The van der Waals surface area contributed by atoms with E-state index in [1.807, 2.05) is 6.07 Å². The van der Waals surface area contributed by atoms with E-state index in [2.05, 4.69) is 4.72 Å². The number of sulfonamides is 1. The molecule has 1 aromatic rings. The zero-order valence-electron chi connectivity index (χ0n) is 10.3. The van der Waals surface area contributed by atoms with Crippen LogP contribution in [0.1, 0.15) is 24.8 Å². The van der Waals surface area contributed by atoms with Gasteiger partial charge in [-0.1, -0.05) is 0 Å². The summed E-state index contributed by atoms with van der Waals surface area (Å²) in [6, 6.07) is 7.75. The van der Waals surface area contributed by atoms with E-state index in [0.717, 1.165) is 19.3 Å². The minimum absolute atomic E-state index is 0. The van der Waals surface area contributed by atoms with E-state index in [9.17, 15) is 8.42 Å². The molecule has 0 amide bonds.